The fourth-order valence-electron chi connectivity index (χ4n) is 1.28. The summed E-state index contributed by atoms with van der Waals surface area (Å²) in [6.45, 7) is 2.06. The van der Waals surface area contributed by atoms with Crippen LogP contribution in [-0.2, 0) is 5.33 Å². The van der Waals surface area contributed by atoms with Crippen molar-refractivity contribution in [2.75, 3.05) is 0 Å². The fraction of sp³-hybridized carbons (Fsp3) is 0.200. The van der Waals surface area contributed by atoms with Crippen LogP contribution in [0, 0.1) is 6.92 Å². The van der Waals surface area contributed by atoms with Crippen LogP contribution >= 0.6 is 31.9 Å². The molecule has 0 saturated heterocycles. The van der Waals surface area contributed by atoms with Crippen molar-refractivity contribution in [3.8, 4) is 5.69 Å². The molecule has 2 aromatic rings. The number of hydrogen-bond donors (Lipinski definition) is 0. The predicted molar refractivity (Wildman–Crippen MR) is 66.4 cm³/mol. The number of hydrogen-bond acceptors (Lipinski definition) is 2. The minimum absolute atomic E-state index is 0.742. The van der Waals surface area contributed by atoms with Gasteiger partial charge in [0.15, 0.2) is 0 Å². The molecular weight excluding hydrogens is 322 g/mol. The highest BCUT2D eigenvalue weighted by Crippen LogP contribution is 2.20. The molecule has 0 saturated carbocycles. The highest BCUT2D eigenvalue weighted by molar-refractivity contribution is 9.10. The third-order valence-corrected chi connectivity index (χ3v) is 3.59. The third-order valence-electron chi connectivity index (χ3n) is 2.16. The van der Waals surface area contributed by atoms with Crippen LogP contribution < -0.4 is 0 Å². The Labute approximate surface area is 105 Å². The minimum atomic E-state index is 0.742. The van der Waals surface area contributed by atoms with Gasteiger partial charge in [0, 0.05) is 9.80 Å². The van der Waals surface area contributed by atoms with Gasteiger partial charge in [0.05, 0.1) is 17.6 Å². The van der Waals surface area contributed by atoms with E-state index in [1.165, 1.54) is 5.56 Å². The number of alkyl halides is 1. The second-order valence-corrected chi connectivity index (χ2v) is 4.62. The average molecular weight is 331 g/mol. The lowest BCUT2D eigenvalue weighted by Gasteiger charge is -2.05. The second kappa shape index (κ2) is 4.45. The van der Waals surface area contributed by atoms with E-state index >= 15 is 0 Å². The molecule has 0 bridgehead atoms. The monoisotopic (exact) mass is 329 g/mol. The minimum Gasteiger partial charge on any atom is -0.217 e. The lowest BCUT2D eigenvalue weighted by atomic mass is 10.2. The van der Waals surface area contributed by atoms with E-state index in [1.54, 1.807) is 6.20 Å². The van der Waals surface area contributed by atoms with Gasteiger partial charge >= 0.3 is 0 Å². The summed E-state index contributed by atoms with van der Waals surface area (Å²) in [7, 11) is 0. The molecule has 1 aromatic carbocycles. The number of aryl methyl sites for hydroxylation is 1. The molecule has 0 aliphatic heterocycles. The van der Waals surface area contributed by atoms with Crippen LogP contribution in [0.4, 0.5) is 0 Å². The molecule has 0 aliphatic carbocycles. The Balaban J connectivity index is 2.50. The average Bonchev–Trinajstić information content (AvgIpc) is 2.70. The number of nitrogens with zero attached hydrogens (tertiary/aromatic N) is 3. The van der Waals surface area contributed by atoms with Gasteiger partial charge in [-0.05, 0) is 24.6 Å². The molecule has 0 spiro atoms. The highest BCUT2D eigenvalue weighted by atomic mass is 79.9. The molecule has 0 fully saturated rings. The van der Waals surface area contributed by atoms with E-state index in [0.717, 1.165) is 21.2 Å². The zero-order chi connectivity index (χ0) is 10.8. The highest BCUT2D eigenvalue weighted by Gasteiger charge is 2.05. The van der Waals surface area contributed by atoms with E-state index in [4.69, 9.17) is 0 Å². The van der Waals surface area contributed by atoms with Crippen molar-refractivity contribution in [1.82, 2.24) is 15.0 Å². The van der Waals surface area contributed by atoms with Gasteiger partial charge < -0.3 is 0 Å². The van der Waals surface area contributed by atoms with E-state index < -0.39 is 0 Å². The molecule has 3 nitrogen and oxygen atoms in total. The van der Waals surface area contributed by atoms with E-state index in [1.807, 2.05) is 16.8 Å². The zero-order valence-corrected chi connectivity index (χ0v) is 11.3. The van der Waals surface area contributed by atoms with Crippen molar-refractivity contribution >= 4 is 31.9 Å². The Morgan fingerprint density at radius 3 is 2.87 bits per heavy atom. The van der Waals surface area contributed by atoms with Gasteiger partial charge in [0.25, 0.3) is 0 Å². The van der Waals surface area contributed by atoms with Gasteiger partial charge in [0.1, 0.15) is 0 Å². The normalized spacial score (nSPS) is 10.6. The van der Waals surface area contributed by atoms with Crippen LogP contribution in [0.2, 0.25) is 0 Å². The van der Waals surface area contributed by atoms with E-state index in [2.05, 4.69) is 55.2 Å². The molecule has 78 valence electrons. The topological polar surface area (TPSA) is 30.7 Å². The van der Waals surface area contributed by atoms with Gasteiger partial charge in [-0.15, -0.1) is 5.10 Å². The maximum atomic E-state index is 4.04. The van der Waals surface area contributed by atoms with Gasteiger partial charge in [-0.25, -0.2) is 4.68 Å². The molecule has 0 atom stereocenters. The molecule has 0 amide bonds. The summed E-state index contributed by atoms with van der Waals surface area (Å²) >= 11 is 6.91. The molecule has 5 heteroatoms. The van der Waals surface area contributed by atoms with Crippen molar-refractivity contribution in [2.24, 2.45) is 0 Å². The first kappa shape index (κ1) is 10.8. The van der Waals surface area contributed by atoms with Gasteiger partial charge in [-0.3, -0.25) is 0 Å². The molecule has 0 aliphatic rings. The van der Waals surface area contributed by atoms with E-state index in [0.29, 0.717) is 0 Å². The van der Waals surface area contributed by atoms with Crippen molar-refractivity contribution in [2.45, 2.75) is 12.3 Å². The van der Waals surface area contributed by atoms with Crippen LogP contribution in [0.25, 0.3) is 5.69 Å². The Kier molecular flexibility index (Phi) is 3.21. The molecule has 0 unspecified atom stereocenters. The van der Waals surface area contributed by atoms with E-state index in [9.17, 15) is 0 Å². The summed E-state index contributed by atoms with van der Waals surface area (Å²) in [6.07, 6.45) is 1.75. The first-order valence-corrected chi connectivity index (χ1v) is 6.36. The molecule has 0 radical (unpaired) electrons. The summed E-state index contributed by atoms with van der Waals surface area (Å²) in [5, 5.41) is 8.67. The van der Waals surface area contributed by atoms with Crippen LogP contribution in [0.1, 0.15) is 11.3 Å². The van der Waals surface area contributed by atoms with Crippen molar-refractivity contribution in [3.63, 3.8) is 0 Å². The summed E-state index contributed by atoms with van der Waals surface area (Å²) in [5.41, 5.74) is 3.25. The summed E-state index contributed by atoms with van der Waals surface area (Å²) in [5.74, 6) is 0. The first-order valence-electron chi connectivity index (χ1n) is 4.44. The maximum absolute atomic E-state index is 4.04. The molecule has 0 N–H and O–H groups in total. The van der Waals surface area contributed by atoms with Crippen LogP contribution in [0.5, 0.6) is 0 Å². The zero-order valence-electron chi connectivity index (χ0n) is 8.11. The van der Waals surface area contributed by atoms with Crippen molar-refractivity contribution in [1.29, 1.82) is 0 Å². The molecule has 1 aromatic heterocycles. The van der Waals surface area contributed by atoms with Gasteiger partial charge in [-0.1, -0.05) is 43.1 Å². The number of halogens is 2. The Morgan fingerprint density at radius 1 is 1.40 bits per heavy atom. The Morgan fingerprint density at radius 2 is 2.20 bits per heavy atom. The number of rotatable bonds is 2. The van der Waals surface area contributed by atoms with Crippen molar-refractivity contribution in [3.05, 3.63) is 40.1 Å². The summed E-state index contributed by atoms with van der Waals surface area (Å²) in [4.78, 5) is 0. The van der Waals surface area contributed by atoms with Crippen LogP contribution in [0.3, 0.4) is 0 Å². The molecule has 1 heterocycles. The molecule has 15 heavy (non-hydrogen) atoms. The first-order chi connectivity index (χ1) is 7.22. The second-order valence-electron chi connectivity index (χ2n) is 3.20. The third kappa shape index (κ3) is 2.13. The largest absolute Gasteiger partial charge is 0.217 e. The van der Waals surface area contributed by atoms with Crippen molar-refractivity contribution < 1.29 is 0 Å². The maximum Gasteiger partial charge on any atom is 0.0751 e. The van der Waals surface area contributed by atoms with Crippen LogP contribution in [0.15, 0.2) is 28.9 Å². The quantitative estimate of drug-likeness (QED) is 0.791. The lowest BCUT2D eigenvalue weighted by Crippen LogP contribution is -2.00. The van der Waals surface area contributed by atoms with Gasteiger partial charge in [0.2, 0.25) is 0 Å². The Bertz CT molecular complexity index is 479. The fourth-order valence-corrected chi connectivity index (χ4v) is 2.03. The van der Waals surface area contributed by atoms with Gasteiger partial charge in [-0.2, -0.15) is 0 Å². The molecule has 2 rings (SSSR count). The lowest BCUT2D eigenvalue weighted by molar-refractivity contribution is 0.782. The number of aromatic nitrogens is 3. The van der Waals surface area contributed by atoms with E-state index in [-0.39, 0.29) is 0 Å². The summed E-state index contributed by atoms with van der Waals surface area (Å²) in [6, 6.07) is 6.12. The summed E-state index contributed by atoms with van der Waals surface area (Å²) < 4.78 is 2.90. The Hall–Kier alpha value is -0.680. The predicted octanol–water partition coefficient (Wildman–Crippen LogP) is 3.23. The smallest absolute Gasteiger partial charge is 0.0751 e. The SMILES string of the molecule is Cc1ccc(-n2nncc2CBr)cc1Br. The number of benzene rings is 1. The molecular formula is C10H9Br2N3. The van der Waals surface area contributed by atoms with Crippen LogP contribution in [-0.4, -0.2) is 15.0 Å². The standard InChI is InChI=1S/C10H9Br2N3/c1-7-2-3-8(4-10(7)12)15-9(5-11)6-13-14-15/h2-4,6H,5H2,1H3.